The van der Waals surface area contributed by atoms with Gasteiger partial charge in [0.15, 0.2) is 5.11 Å². The van der Waals surface area contributed by atoms with Crippen molar-refractivity contribution < 1.29 is 4.74 Å². The van der Waals surface area contributed by atoms with Gasteiger partial charge in [-0.15, -0.1) is 0 Å². The lowest BCUT2D eigenvalue weighted by molar-refractivity contribution is -0.0687. The second-order valence-electron chi connectivity index (χ2n) is 3.84. The van der Waals surface area contributed by atoms with Crippen molar-refractivity contribution in [3.8, 4) is 0 Å². The zero-order valence-corrected chi connectivity index (χ0v) is 10.2. The Morgan fingerprint density at radius 2 is 2.20 bits per heavy atom. The van der Waals surface area contributed by atoms with Crippen LogP contribution in [0.4, 0.5) is 5.69 Å². The first-order valence-corrected chi connectivity index (χ1v) is 5.87. The number of fused-ring (bicyclic) bond motifs is 2. The molecule has 0 bridgehead atoms. The first-order chi connectivity index (χ1) is 7.20. The molecule has 2 aliphatic heterocycles. The van der Waals surface area contributed by atoms with Crippen LogP contribution in [-0.2, 0) is 10.3 Å². The molecule has 0 amide bonds. The van der Waals surface area contributed by atoms with Gasteiger partial charge in [0.25, 0.3) is 0 Å². The topological polar surface area (TPSA) is 33.3 Å². The van der Waals surface area contributed by atoms with Crippen LogP contribution >= 0.6 is 28.1 Å². The predicted octanol–water partition coefficient (Wildman–Crippen LogP) is 1.97. The maximum absolute atomic E-state index is 5.29. The van der Waals surface area contributed by atoms with Gasteiger partial charge < -0.3 is 15.4 Å². The largest absolute Gasteiger partial charge is 0.376 e. The monoisotopic (exact) mass is 284 g/mol. The van der Waals surface area contributed by atoms with Crippen LogP contribution in [0.1, 0.15) is 5.56 Å². The van der Waals surface area contributed by atoms with Crippen LogP contribution in [0.5, 0.6) is 0 Å². The van der Waals surface area contributed by atoms with E-state index in [2.05, 4.69) is 32.6 Å². The summed E-state index contributed by atoms with van der Waals surface area (Å²) >= 11 is 8.63. The van der Waals surface area contributed by atoms with E-state index in [-0.39, 0.29) is 5.54 Å². The van der Waals surface area contributed by atoms with Crippen molar-refractivity contribution in [3.05, 3.63) is 28.2 Å². The number of thiocarbonyl (C=S) groups is 1. The van der Waals surface area contributed by atoms with E-state index in [1.54, 1.807) is 0 Å². The van der Waals surface area contributed by atoms with E-state index < -0.39 is 0 Å². The van der Waals surface area contributed by atoms with E-state index in [4.69, 9.17) is 17.0 Å². The lowest BCUT2D eigenvalue weighted by Gasteiger charge is -2.46. The molecule has 5 heteroatoms. The highest BCUT2D eigenvalue weighted by Crippen LogP contribution is 2.38. The highest BCUT2D eigenvalue weighted by atomic mass is 79.9. The number of anilines is 1. The van der Waals surface area contributed by atoms with E-state index in [0.717, 1.165) is 10.2 Å². The van der Waals surface area contributed by atoms with Gasteiger partial charge in [-0.2, -0.15) is 0 Å². The molecule has 0 atom stereocenters. The fourth-order valence-electron chi connectivity index (χ4n) is 2.01. The Kier molecular flexibility index (Phi) is 2.02. The van der Waals surface area contributed by atoms with Gasteiger partial charge in [-0.3, -0.25) is 0 Å². The average molecular weight is 285 g/mol. The fraction of sp³-hybridized carbons (Fsp3) is 0.300. The number of hydrogen-bond acceptors (Lipinski definition) is 2. The Morgan fingerprint density at radius 3 is 2.87 bits per heavy atom. The standard InChI is InChI=1S/C10H9BrN2OS/c11-6-1-2-7-8(3-6)12-9(15)13-10(7)4-14-5-10/h1-3H,4-5H2,(H2,12,13,15). The van der Waals surface area contributed by atoms with Crippen LogP contribution < -0.4 is 10.6 Å². The van der Waals surface area contributed by atoms with Crippen molar-refractivity contribution in [2.24, 2.45) is 0 Å². The fourth-order valence-corrected chi connectivity index (χ4v) is 2.68. The van der Waals surface area contributed by atoms with Gasteiger partial charge in [-0.25, -0.2) is 0 Å². The zero-order valence-electron chi connectivity index (χ0n) is 7.84. The molecule has 15 heavy (non-hydrogen) atoms. The predicted molar refractivity (Wildman–Crippen MR) is 66.0 cm³/mol. The number of benzene rings is 1. The van der Waals surface area contributed by atoms with Crippen LogP contribution in [0.3, 0.4) is 0 Å². The third-order valence-electron chi connectivity index (χ3n) is 2.80. The number of halogens is 1. The van der Waals surface area contributed by atoms with Gasteiger partial charge in [0.1, 0.15) is 5.54 Å². The average Bonchev–Trinajstić information content (AvgIpc) is 2.13. The summed E-state index contributed by atoms with van der Waals surface area (Å²) in [7, 11) is 0. The van der Waals surface area contributed by atoms with Crippen molar-refractivity contribution >= 4 is 38.9 Å². The molecule has 2 N–H and O–H groups in total. The summed E-state index contributed by atoms with van der Waals surface area (Å²) in [5, 5.41) is 7.11. The maximum Gasteiger partial charge on any atom is 0.171 e. The van der Waals surface area contributed by atoms with Gasteiger partial charge in [-0.1, -0.05) is 22.0 Å². The smallest absolute Gasteiger partial charge is 0.171 e. The molecule has 0 radical (unpaired) electrons. The lowest BCUT2D eigenvalue weighted by Crippen LogP contribution is -2.62. The summed E-state index contributed by atoms with van der Waals surface area (Å²) in [4.78, 5) is 0. The van der Waals surface area contributed by atoms with E-state index in [0.29, 0.717) is 18.3 Å². The number of nitrogens with one attached hydrogen (secondary N) is 2. The minimum Gasteiger partial charge on any atom is -0.376 e. The Morgan fingerprint density at radius 1 is 1.40 bits per heavy atom. The van der Waals surface area contributed by atoms with Gasteiger partial charge in [0.2, 0.25) is 0 Å². The molecule has 3 rings (SSSR count). The van der Waals surface area contributed by atoms with Crippen LogP contribution in [0.25, 0.3) is 0 Å². The van der Waals surface area contributed by atoms with Crippen LogP contribution in [-0.4, -0.2) is 18.3 Å². The summed E-state index contributed by atoms with van der Waals surface area (Å²) in [5.74, 6) is 0. The SMILES string of the molecule is S=C1Nc2cc(Br)ccc2C2(COC2)N1. The minimum absolute atomic E-state index is 0.0988. The number of hydrogen-bond donors (Lipinski definition) is 2. The molecule has 1 aromatic rings. The van der Waals surface area contributed by atoms with E-state index >= 15 is 0 Å². The summed E-state index contributed by atoms with van der Waals surface area (Å²) < 4.78 is 6.34. The molecule has 78 valence electrons. The van der Waals surface area contributed by atoms with Gasteiger partial charge in [0.05, 0.1) is 13.2 Å². The first kappa shape index (κ1) is 9.57. The van der Waals surface area contributed by atoms with Crippen molar-refractivity contribution in [2.45, 2.75) is 5.54 Å². The molecule has 1 spiro atoms. The molecular weight excluding hydrogens is 276 g/mol. The van der Waals surface area contributed by atoms with E-state index in [1.807, 2.05) is 12.1 Å². The Bertz CT molecular complexity index is 445. The molecular formula is C10H9BrN2OS. The third kappa shape index (κ3) is 1.38. The van der Waals surface area contributed by atoms with Gasteiger partial charge in [0, 0.05) is 15.7 Å². The van der Waals surface area contributed by atoms with Crippen LogP contribution in [0.15, 0.2) is 22.7 Å². The molecule has 0 unspecified atom stereocenters. The van der Waals surface area contributed by atoms with Gasteiger partial charge in [-0.05, 0) is 24.4 Å². The Labute approximate surface area is 101 Å². The highest BCUT2D eigenvalue weighted by molar-refractivity contribution is 9.10. The lowest BCUT2D eigenvalue weighted by atomic mass is 9.85. The van der Waals surface area contributed by atoms with Crippen molar-refractivity contribution in [3.63, 3.8) is 0 Å². The molecule has 1 aromatic carbocycles. The van der Waals surface area contributed by atoms with Crippen molar-refractivity contribution in [1.29, 1.82) is 0 Å². The molecule has 2 heterocycles. The van der Waals surface area contributed by atoms with Crippen LogP contribution in [0, 0.1) is 0 Å². The second-order valence-corrected chi connectivity index (χ2v) is 5.17. The maximum atomic E-state index is 5.29. The third-order valence-corrected chi connectivity index (χ3v) is 3.49. The number of rotatable bonds is 0. The Hall–Kier alpha value is -0.650. The molecule has 3 nitrogen and oxygen atoms in total. The minimum atomic E-state index is -0.0988. The quantitative estimate of drug-likeness (QED) is 0.714. The van der Waals surface area contributed by atoms with Gasteiger partial charge >= 0.3 is 0 Å². The second kappa shape index (κ2) is 3.17. The van der Waals surface area contributed by atoms with E-state index in [9.17, 15) is 0 Å². The summed E-state index contributed by atoms with van der Waals surface area (Å²) in [6, 6.07) is 6.18. The van der Waals surface area contributed by atoms with E-state index in [1.165, 1.54) is 5.56 Å². The summed E-state index contributed by atoms with van der Waals surface area (Å²) in [6.45, 7) is 1.37. The molecule has 2 aliphatic rings. The summed E-state index contributed by atoms with van der Waals surface area (Å²) in [6.07, 6.45) is 0. The van der Waals surface area contributed by atoms with Crippen molar-refractivity contribution in [1.82, 2.24) is 5.32 Å². The summed E-state index contributed by atoms with van der Waals surface area (Å²) in [5.41, 5.74) is 2.19. The Balaban J connectivity index is 2.14. The molecule has 0 aromatic heterocycles. The molecule has 1 fully saturated rings. The van der Waals surface area contributed by atoms with Crippen LogP contribution in [0.2, 0.25) is 0 Å². The molecule has 1 saturated heterocycles. The molecule has 0 saturated carbocycles. The number of ether oxygens (including phenoxy) is 1. The normalized spacial score (nSPS) is 21.3. The van der Waals surface area contributed by atoms with Crippen molar-refractivity contribution in [2.75, 3.05) is 18.5 Å². The molecule has 0 aliphatic carbocycles. The highest BCUT2D eigenvalue weighted by Gasteiger charge is 2.44. The zero-order chi connectivity index (χ0) is 10.5. The first-order valence-electron chi connectivity index (χ1n) is 4.67.